The first-order chi connectivity index (χ1) is 22.2. The molecule has 0 bridgehead atoms. The number of fused-ring (bicyclic) bond motifs is 1. The second-order valence-electron chi connectivity index (χ2n) is 12.0. The third-order valence-corrected chi connectivity index (χ3v) is 9.78. The maximum atomic E-state index is 13.6. The van der Waals surface area contributed by atoms with Gasteiger partial charge in [-0.15, -0.1) is 0 Å². The van der Waals surface area contributed by atoms with Crippen molar-refractivity contribution >= 4 is 46.2 Å². The minimum absolute atomic E-state index is 0.0197. The van der Waals surface area contributed by atoms with Gasteiger partial charge < -0.3 is 23.6 Å². The molecule has 46 heavy (non-hydrogen) atoms. The Morgan fingerprint density at radius 2 is 1.52 bits per heavy atom. The number of rotatable bonds is 9. The van der Waals surface area contributed by atoms with E-state index in [4.69, 9.17) is 4.42 Å². The van der Waals surface area contributed by atoms with E-state index in [0.717, 1.165) is 64.4 Å². The highest BCUT2D eigenvalue weighted by Crippen LogP contribution is 2.38. The van der Waals surface area contributed by atoms with E-state index in [1.54, 1.807) is 18.9 Å². The molecule has 0 unspecified atom stereocenters. The lowest BCUT2D eigenvalue weighted by Gasteiger charge is -2.38. The number of aryl methyl sites for hydroxylation is 4. The summed E-state index contributed by atoms with van der Waals surface area (Å²) in [4.78, 5) is 30.7. The predicted octanol–water partition coefficient (Wildman–Crippen LogP) is 8.08. The summed E-state index contributed by atoms with van der Waals surface area (Å²) < 4.78 is 7.95. The van der Waals surface area contributed by atoms with Crippen LogP contribution < -0.4 is 9.21 Å². The van der Waals surface area contributed by atoms with Crippen LogP contribution in [0.15, 0.2) is 94.2 Å². The van der Waals surface area contributed by atoms with E-state index in [0.29, 0.717) is 24.2 Å². The fourth-order valence-corrected chi connectivity index (χ4v) is 7.44. The topological polar surface area (TPSA) is 77.2 Å². The van der Waals surface area contributed by atoms with Crippen LogP contribution in [0.1, 0.15) is 48.7 Å². The van der Waals surface area contributed by atoms with Gasteiger partial charge in [0, 0.05) is 54.1 Å². The maximum absolute atomic E-state index is 13.6. The summed E-state index contributed by atoms with van der Waals surface area (Å²) in [5.74, 6) is -0.972. The molecule has 1 aliphatic heterocycles. The first-order valence-corrected chi connectivity index (χ1v) is 16.4. The Balaban J connectivity index is 1.26. The number of carbonyl (C=O) groups excluding carboxylic acids is 1. The van der Waals surface area contributed by atoms with Crippen LogP contribution in [0.25, 0.3) is 11.0 Å². The normalized spacial score (nSPS) is 13.3. The molecule has 1 fully saturated rings. The van der Waals surface area contributed by atoms with Crippen molar-refractivity contribution in [1.82, 2.24) is 4.90 Å². The van der Waals surface area contributed by atoms with Crippen molar-refractivity contribution in [3.8, 4) is 0 Å². The van der Waals surface area contributed by atoms with Crippen molar-refractivity contribution in [2.24, 2.45) is 0 Å². The van der Waals surface area contributed by atoms with E-state index in [-0.39, 0.29) is 11.7 Å². The van der Waals surface area contributed by atoms with Crippen molar-refractivity contribution in [3.05, 3.63) is 124 Å². The third-order valence-electron chi connectivity index (χ3n) is 8.71. The van der Waals surface area contributed by atoms with Crippen LogP contribution in [0, 0.1) is 27.7 Å². The van der Waals surface area contributed by atoms with Gasteiger partial charge in [-0.2, -0.15) is 0 Å². The molecule has 2 heterocycles. The Labute approximate surface area is 274 Å². The fourth-order valence-electron chi connectivity index (χ4n) is 6.45. The number of furan rings is 1. The van der Waals surface area contributed by atoms with E-state index in [2.05, 4.69) is 76.8 Å². The molecule has 4 aromatic carbocycles. The number of amides is 1. The number of aromatic carboxylic acids is 1. The Bertz CT molecular complexity index is 1870. The van der Waals surface area contributed by atoms with E-state index in [1.165, 1.54) is 11.1 Å². The fraction of sp³-hybridized carbons (Fsp3) is 0.263. The van der Waals surface area contributed by atoms with Gasteiger partial charge in [0.25, 0.3) is 5.91 Å². The number of anilines is 2. The summed E-state index contributed by atoms with van der Waals surface area (Å²) in [7, 11) is 0. The Morgan fingerprint density at radius 3 is 2.22 bits per heavy atom. The SMILES string of the molecule is Cc1cc(C)c(C(=O)N2CCN(c3ccccc3N(CCc3ccccc3)Sc3ccc4oc(C(=O)O)c(C)c4c3)CC2)c(C)c1. The first-order valence-electron chi connectivity index (χ1n) is 15.7. The van der Waals surface area contributed by atoms with E-state index >= 15 is 0 Å². The predicted molar refractivity (Wildman–Crippen MR) is 186 cm³/mol. The molecule has 5 aromatic rings. The number of benzene rings is 4. The molecule has 0 atom stereocenters. The number of piperazine rings is 1. The molecule has 1 amide bonds. The highest BCUT2D eigenvalue weighted by atomic mass is 32.2. The zero-order chi connectivity index (χ0) is 32.4. The van der Waals surface area contributed by atoms with Gasteiger partial charge in [-0.1, -0.05) is 60.2 Å². The third kappa shape index (κ3) is 6.49. The lowest BCUT2D eigenvalue weighted by molar-refractivity contribution is 0.0663. The molecule has 0 saturated carbocycles. The van der Waals surface area contributed by atoms with Crippen molar-refractivity contribution in [2.45, 2.75) is 39.0 Å². The van der Waals surface area contributed by atoms with Gasteiger partial charge >= 0.3 is 5.97 Å². The molecular weight excluding hydrogens is 595 g/mol. The first kappa shape index (κ1) is 31.3. The molecule has 236 valence electrons. The van der Waals surface area contributed by atoms with Crippen molar-refractivity contribution < 1.29 is 19.1 Å². The summed E-state index contributed by atoms with van der Waals surface area (Å²) in [5, 5.41) is 10.4. The second-order valence-corrected chi connectivity index (χ2v) is 13.1. The summed E-state index contributed by atoms with van der Waals surface area (Å²) in [5.41, 5.74) is 8.75. The number of hydrogen-bond donors (Lipinski definition) is 1. The van der Waals surface area contributed by atoms with Gasteiger partial charge in [-0.25, -0.2) is 4.79 Å². The molecule has 0 spiro atoms. The largest absolute Gasteiger partial charge is 0.475 e. The number of carboxylic acid groups (broad SMARTS) is 1. The standard InChI is InChI=1S/C38H39N3O4S/c1-25-22-26(2)35(27(3)23-25)37(42)40-20-18-39(19-21-40)32-12-8-9-13-33(32)41(17-16-29-10-6-5-7-11-29)46-30-14-15-34-31(24-30)28(4)36(45-34)38(43)44/h5-15,22-24H,16-21H2,1-4H3,(H,43,44). The van der Waals surface area contributed by atoms with Crippen LogP contribution in [-0.4, -0.2) is 54.6 Å². The van der Waals surface area contributed by atoms with Crippen LogP contribution in [0.2, 0.25) is 0 Å². The molecule has 1 N–H and O–H groups in total. The summed E-state index contributed by atoms with van der Waals surface area (Å²) in [6.45, 7) is 11.5. The second kappa shape index (κ2) is 13.3. The van der Waals surface area contributed by atoms with E-state index in [1.807, 2.05) is 43.0 Å². The number of hydrogen-bond acceptors (Lipinski definition) is 6. The van der Waals surface area contributed by atoms with Crippen molar-refractivity contribution in [3.63, 3.8) is 0 Å². The van der Waals surface area contributed by atoms with Gasteiger partial charge in [-0.05, 0) is 93.1 Å². The Hall–Kier alpha value is -4.69. The van der Waals surface area contributed by atoms with E-state index < -0.39 is 5.97 Å². The molecule has 7 nitrogen and oxygen atoms in total. The van der Waals surface area contributed by atoms with Crippen LogP contribution in [0.3, 0.4) is 0 Å². The Kier molecular flexibility index (Phi) is 9.08. The average molecular weight is 634 g/mol. The zero-order valence-electron chi connectivity index (χ0n) is 26.7. The summed E-state index contributed by atoms with van der Waals surface area (Å²) in [6.07, 6.45) is 0.857. The molecule has 6 rings (SSSR count). The van der Waals surface area contributed by atoms with Gasteiger partial charge in [0.1, 0.15) is 5.58 Å². The Morgan fingerprint density at radius 1 is 0.848 bits per heavy atom. The minimum atomic E-state index is -1.06. The monoisotopic (exact) mass is 633 g/mol. The summed E-state index contributed by atoms with van der Waals surface area (Å²) in [6, 6.07) is 29.0. The molecule has 0 radical (unpaired) electrons. The van der Waals surface area contributed by atoms with Crippen LogP contribution in [-0.2, 0) is 6.42 Å². The average Bonchev–Trinajstić information content (AvgIpc) is 3.39. The maximum Gasteiger partial charge on any atom is 0.372 e. The number of para-hydroxylation sites is 2. The van der Waals surface area contributed by atoms with Crippen LogP contribution in [0.5, 0.6) is 0 Å². The lowest BCUT2D eigenvalue weighted by Crippen LogP contribution is -2.49. The van der Waals surface area contributed by atoms with Gasteiger partial charge in [0.05, 0.1) is 11.4 Å². The molecule has 1 aromatic heterocycles. The zero-order valence-corrected chi connectivity index (χ0v) is 27.6. The number of carbonyl (C=O) groups is 2. The van der Waals surface area contributed by atoms with Crippen LogP contribution in [0.4, 0.5) is 11.4 Å². The van der Waals surface area contributed by atoms with Crippen LogP contribution >= 0.6 is 11.9 Å². The van der Waals surface area contributed by atoms with Crippen molar-refractivity contribution in [2.75, 3.05) is 41.9 Å². The van der Waals surface area contributed by atoms with Gasteiger partial charge in [0.15, 0.2) is 0 Å². The highest BCUT2D eigenvalue weighted by molar-refractivity contribution is 8.00. The van der Waals surface area contributed by atoms with Crippen molar-refractivity contribution in [1.29, 1.82) is 0 Å². The smallest absolute Gasteiger partial charge is 0.372 e. The molecule has 0 aliphatic carbocycles. The number of carboxylic acids is 1. The molecule has 8 heteroatoms. The quantitative estimate of drug-likeness (QED) is 0.165. The molecule has 1 saturated heterocycles. The van der Waals surface area contributed by atoms with Gasteiger partial charge in [-0.3, -0.25) is 4.79 Å². The summed E-state index contributed by atoms with van der Waals surface area (Å²) >= 11 is 1.64. The molecule has 1 aliphatic rings. The number of nitrogens with zero attached hydrogens (tertiary/aromatic N) is 3. The minimum Gasteiger partial charge on any atom is -0.475 e. The highest BCUT2D eigenvalue weighted by Gasteiger charge is 2.27. The lowest BCUT2D eigenvalue weighted by atomic mass is 9.98. The van der Waals surface area contributed by atoms with E-state index in [9.17, 15) is 14.7 Å². The molecular formula is C38H39N3O4S. The van der Waals surface area contributed by atoms with Gasteiger partial charge in [0.2, 0.25) is 5.76 Å².